The SMILES string of the molecule is O=C(NCc1ccc(CN2CCCCCC2)cc1)C1CCN(Cc2cccc(Cl)c2)CC1. The van der Waals surface area contributed by atoms with Crippen LogP contribution in [0.15, 0.2) is 48.5 Å². The van der Waals surface area contributed by atoms with Gasteiger partial charge in [-0.05, 0) is 80.7 Å². The first kappa shape index (κ1) is 23.3. The van der Waals surface area contributed by atoms with E-state index in [-0.39, 0.29) is 11.8 Å². The van der Waals surface area contributed by atoms with Crippen LogP contribution in [-0.4, -0.2) is 41.9 Å². The van der Waals surface area contributed by atoms with E-state index in [1.165, 1.54) is 55.5 Å². The van der Waals surface area contributed by atoms with Crippen molar-refractivity contribution in [1.29, 1.82) is 0 Å². The van der Waals surface area contributed by atoms with Gasteiger partial charge in [0, 0.05) is 30.6 Å². The molecule has 5 heteroatoms. The molecule has 2 fully saturated rings. The Kier molecular flexibility index (Phi) is 8.61. The van der Waals surface area contributed by atoms with Crippen molar-refractivity contribution in [2.24, 2.45) is 5.92 Å². The van der Waals surface area contributed by atoms with E-state index in [2.05, 4.69) is 45.4 Å². The zero-order chi connectivity index (χ0) is 22.2. The lowest BCUT2D eigenvalue weighted by atomic mass is 9.95. The van der Waals surface area contributed by atoms with Gasteiger partial charge in [-0.1, -0.05) is 60.8 Å². The summed E-state index contributed by atoms with van der Waals surface area (Å²) in [4.78, 5) is 17.7. The number of halogens is 1. The monoisotopic (exact) mass is 453 g/mol. The molecule has 1 amide bonds. The molecular weight excluding hydrogens is 418 g/mol. The van der Waals surface area contributed by atoms with Crippen LogP contribution in [0, 0.1) is 5.92 Å². The fourth-order valence-electron chi connectivity index (χ4n) is 4.90. The molecule has 1 N–H and O–H groups in total. The number of nitrogens with zero attached hydrogens (tertiary/aromatic N) is 2. The Morgan fingerprint density at radius 2 is 1.44 bits per heavy atom. The van der Waals surface area contributed by atoms with Gasteiger partial charge in [0.2, 0.25) is 5.91 Å². The lowest BCUT2D eigenvalue weighted by Gasteiger charge is -2.31. The summed E-state index contributed by atoms with van der Waals surface area (Å²) in [5, 5.41) is 3.95. The van der Waals surface area contributed by atoms with E-state index in [0.717, 1.165) is 44.0 Å². The minimum Gasteiger partial charge on any atom is -0.352 e. The molecule has 172 valence electrons. The van der Waals surface area contributed by atoms with Crippen molar-refractivity contribution in [1.82, 2.24) is 15.1 Å². The number of hydrogen-bond acceptors (Lipinski definition) is 3. The lowest BCUT2D eigenvalue weighted by molar-refractivity contribution is -0.126. The summed E-state index contributed by atoms with van der Waals surface area (Å²) in [7, 11) is 0. The Bertz CT molecular complexity index is 853. The summed E-state index contributed by atoms with van der Waals surface area (Å²) >= 11 is 6.10. The quantitative estimate of drug-likeness (QED) is 0.622. The third kappa shape index (κ3) is 7.06. The van der Waals surface area contributed by atoms with Crippen LogP contribution in [0.1, 0.15) is 55.2 Å². The number of hydrogen-bond donors (Lipinski definition) is 1. The van der Waals surface area contributed by atoms with Gasteiger partial charge in [-0.3, -0.25) is 14.6 Å². The summed E-state index contributed by atoms with van der Waals surface area (Å²) in [6, 6.07) is 16.8. The van der Waals surface area contributed by atoms with Crippen molar-refractivity contribution in [3.63, 3.8) is 0 Å². The van der Waals surface area contributed by atoms with Gasteiger partial charge < -0.3 is 5.32 Å². The number of likely N-dealkylation sites (tertiary alicyclic amines) is 2. The first-order valence-corrected chi connectivity index (χ1v) is 12.6. The Morgan fingerprint density at radius 1 is 0.812 bits per heavy atom. The summed E-state index contributed by atoms with van der Waals surface area (Å²) in [6.45, 7) is 6.90. The molecule has 0 bridgehead atoms. The third-order valence-corrected chi connectivity index (χ3v) is 7.08. The number of piperidine rings is 1. The highest BCUT2D eigenvalue weighted by Crippen LogP contribution is 2.21. The molecule has 0 aromatic heterocycles. The van der Waals surface area contributed by atoms with E-state index in [4.69, 9.17) is 11.6 Å². The van der Waals surface area contributed by atoms with E-state index in [1.54, 1.807) is 0 Å². The van der Waals surface area contributed by atoms with E-state index in [9.17, 15) is 4.79 Å². The zero-order valence-electron chi connectivity index (χ0n) is 19.1. The average molecular weight is 454 g/mol. The van der Waals surface area contributed by atoms with E-state index < -0.39 is 0 Å². The van der Waals surface area contributed by atoms with Crippen LogP contribution in [0.25, 0.3) is 0 Å². The van der Waals surface area contributed by atoms with Crippen LogP contribution >= 0.6 is 11.6 Å². The largest absolute Gasteiger partial charge is 0.352 e. The average Bonchev–Trinajstić information content (AvgIpc) is 3.08. The van der Waals surface area contributed by atoms with Gasteiger partial charge in [-0.25, -0.2) is 0 Å². The number of benzene rings is 2. The molecule has 2 aromatic rings. The Balaban J connectivity index is 1.18. The first-order chi connectivity index (χ1) is 15.7. The number of nitrogens with one attached hydrogen (secondary N) is 1. The topological polar surface area (TPSA) is 35.6 Å². The molecule has 0 aliphatic carbocycles. The van der Waals surface area contributed by atoms with Crippen LogP contribution < -0.4 is 5.32 Å². The number of rotatable bonds is 7. The molecule has 4 rings (SSSR count). The molecule has 0 radical (unpaired) electrons. The van der Waals surface area contributed by atoms with Gasteiger partial charge in [0.25, 0.3) is 0 Å². The van der Waals surface area contributed by atoms with Crippen LogP contribution in [0.2, 0.25) is 5.02 Å². The molecule has 0 atom stereocenters. The Labute approximate surface area is 197 Å². The molecule has 2 aliphatic rings. The van der Waals surface area contributed by atoms with Gasteiger partial charge in [-0.2, -0.15) is 0 Å². The summed E-state index contributed by atoms with van der Waals surface area (Å²) in [6.07, 6.45) is 7.22. The van der Waals surface area contributed by atoms with Crippen LogP contribution in [0.3, 0.4) is 0 Å². The maximum absolute atomic E-state index is 12.7. The predicted octanol–water partition coefficient (Wildman–Crippen LogP) is 5.24. The molecule has 4 nitrogen and oxygen atoms in total. The molecule has 32 heavy (non-hydrogen) atoms. The fourth-order valence-corrected chi connectivity index (χ4v) is 5.11. The Hall–Kier alpha value is -1.88. The standard InChI is InChI=1S/C27H36ClN3O/c28-26-7-5-6-24(18-26)21-31-16-12-25(13-17-31)27(32)29-19-22-8-10-23(11-9-22)20-30-14-3-1-2-4-15-30/h5-11,18,25H,1-4,12-17,19-21H2,(H,29,32). The second-order valence-corrected chi connectivity index (χ2v) is 9.84. The second kappa shape index (κ2) is 11.8. The van der Waals surface area contributed by atoms with Gasteiger partial charge in [0.15, 0.2) is 0 Å². The normalized spacial score (nSPS) is 18.9. The van der Waals surface area contributed by atoms with Gasteiger partial charge in [-0.15, -0.1) is 0 Å². The second-order valence-electron chi connectivity index (χ2n) is 9.41. The molecule has 2 aliphatic heterocycles. The third-order valence-electron chi connectivity index (χ3n) is 6.85. The van der Waals surface area contributed by atoms with Crippen molar-refractivity contribution >= 4 is 17.5 Å². The van der Waals surface area contributed by atoms with Gasteiger partial charge in [0.05, 0.1) is 0 Å². The van der Waals surface area contributed by atoms with E-state index in [0.29, 0.717) is 6.54 Å². The van der Waals surface area contributed by atoms with Crippen molar-refractivity contribution in [2.75, 3.05) is 26.2 Å². The van der Waals surface area contributed by atoms with Crippen molar-refractivity contribution in [2.45, 2.75) is 58.2 Å². The molecule has 2 heterocycles. The van der Waals surface area contributed by atoms with Gasteiger partial charge >= 0.3 is 0 Å². The summed E-state index contributed by atoms with van der Waals surface area (Å²) in [5.41, 5.74) is 3.78. The highest BCUT2D eigenvalue weighted by Gasteiger charge is 2.24. The smallest absolute Gasteiger partial charge is 0.223 e. The van der Waals surface area contributed by atoms with Crippen LogP contribution in [-0.2, 0) is 24.4 Å². The molecule has 0 unspecified atom stereocenters. The molecule has 0 spiro atoms. The predicted molar refractivity (Wildman–Crippen MR) is 131 cm³/mol. The lowest BCUT2D eigenvalue weighted by Crippen LogP contribution is -2.40. The number of carbonyl (C=O) groups excluding carboxylic acids is 1. The van der Waals surface area contributed by atoms with Gasteiger partial charge in [0.1, 0.15) is 0 Å². The maximum atomic E-state index is 12.7. The number of amides is 1. The highest BCUT2D eigenvalue weighted by molar-refractivity contribution is 6.30. The molecule has 2 saturated heterocycles. The zero-order valence-corrected chi connectivity index (χ0v) is 19.8. The summed E-state index contributed by atoms with van der Waals surface area (Å²) < 4.78 is 0. The molecule has 2 aromatic carbocycles. The maximum Gasteiger partial charge on any atom is 0.223 e. The van der Waals surface area contributed by atoms with Crippen molar-refractivity contribution < 1.29 is 4.79 Å². The summed E-state index contributed by atoms with van der Waals surface area (Å²) in [5.74, 6) is 0.314. The Morgan fingerprint density at radius 3 is 2.12 bits per heavy atom. The van der Waals surface area contributed by atoms with Crippen molar-refractivity contribution in [3.8, 4) is 0 Å². The first-order valence-electron chi connectivity index (χ1n) is 12.2. The molecule has 0 saturated carbocycles. The minimum atomic E-state index is 0.118. The highest BCUT2D eigenvalue weighted by atomic mass is 35.5. The van der Waals surface area contributed by atoms with Crippen LogP contribution in [0.5, 0.6) is 0 Å². The van der Waals surface area contributed by atoms with E-state index in [1.807, 2.05) is 18.2 Å². The van der Waals surface area contributed by atoms with Crippen LogP contribution in [0.4, 0.5) is 0 Å². The minimum absolute atomic E-state index is 0.118. The number of carbonyl (C=O) groups is 1. The molecular formula is C27H36ClN3O. The van der Waals surface area contributed by atoms with E-state index >= 15 is 0 Å². The fraction of sp³-hybridized carbons (Fsp3) is 0.519. The van der Waals surface area contributed by atoms with Crippen molar-refractivity contribution in [3.05, 3.63) is 70.2 Å².